The summed E-state index contributed by atoms with van der Waals surface area (Å²) in [5.41, 5.74) is 1.42. The average Bonchev–Trinajstić information content (AvgIpc) is 2.59. The van der Waals surface area contributed by atoms with E-state index in [1.807, 2.05) is 0 Å². The van der Waals surface area contributed by atoms with Crippen LogP contribution in [0.4, 0.5) is 0 Å². The molecule has 0 aliphatic rings. The zero-order valence-corrected chi connectivity index (χ0v) is 6.68. The van der Waals surface area contributed by atoms with Crippen LogP contribution in [-0.2, 0) is 0 Å². The first-order valence-electron chi connectivity index (χ1n) is 3.73. The maximum Gasteiger partial charge on any atom is 0.170 e. The lowest BCUT2D eigenvalue weighted by Gasteiger charge is -1.94. The van der Waals surface area contributed by atoms with E-state index in [1.54, 1.807) is 22.6 Å². The third-order valence-corrected chi connectivity index (χ3v) is 1.78. The number of hydrogen-bond acceptors (Lipinski definition) is 3. The molecule has 0 spiro atoms. The molecule has 0 aliphatic carbocycles. The van der Waals surface area contributed by atoms with Crippen molar-refractivity contribution in [3.8, 4) is 0 Å². The maximum absolute atomic E-state index is 10.6. The van der Waals surface area contributed by atoms with Crippen LogP contribution in [0.5, 0.6) is 0 Å². The first kappa shape index (κ1) is 7.67. The highest BCUT2D eigenvalue weighted by atomic mass is 16.1. The van der Waals surface area contributed by atoms with Crippen molar-refractivity contribution in [3.05, 3.63) is 35.8 Å². The third-order valence-electron chi connectivity index (χ3n) is 1.78. The van der Waals surface area contributed by atoms with Gasteiger partial charge in [0.2, 0.25) is 0 Å². The molecular weight excluding hydrogens is 168 g/mol. The topological polar surface area (TPSA) is 51.4 Å². The summed E-state index contributed by atoms with van der Waals surface area (Å²) in [6.45, 7) is 0. The summed E-state index contributed by atoms with van der Waals surface area (Å²) in [5, 5.41) is 0. The molecule has 13 heavy (non-hydrogen) atoms. The van der Waals surface area contributed by atoms with E-state index in [-0.39, 0.29) is 0 Å². The van der Waals surface area contributed by atoms with Crippen LogP contribution in [0.25, 0.3) is 5.65 Å². The predicted molar refractivity (Wildman–Crippen MR) is 46.0 cm³/mol. The summed E-state index contributed by atoms with van der Waals surface area (Å²) < 4.78 is 1.58. The maximum atomic E-state index is 10.6. The van der Waals surface area contributed by atoms with Gasteiger partial charge in [0.15, 0.2) is 12.6 Å². The number of rotatable bonds is 2. The Bertz CT molecular complexity index is 473. The summed E-state index contributed by atoms with van der Waals surface area (Å²) in [7, 11) is 0. The van der Waals surface area contributed by atoms with Gasteiger partial charge in [0.05, 0.1) is 5.69 Å². The summed E-state index contributed by atoms with van der Waals surface area (Å²) >= 11 is 0. The number of hydrogen-bond donors (Lipinski definition) is 0. The van der Waals surface area contributed by atoms with E-state index in [4.69, 9.17) is 0 Å². The highest BCUT2D eigenvalue weighted by Gasteiger charge is 2.02. The van der Waals surface area contributed by atoms with Crippen molar-refractivity contribution in [1.82, 2.24) is 9.38 Å². The average molecular weight is 174 g/mol. The minimum absolute atomic E-state index is 0.328. The number of imidazole rings is 1. The van der Waals surface area contributed by atoms with Crippen LogP contribution in [0.15, 0.2) is 24.4 Å². The molecule has 2 heterocycles. The Morgan fingerprint density at radius 1 is 1.23 bits per heavy atom. The molecule has 0 unspecified atom stereocenters. The summed E-state index contributed by atoms with van der Waals surface area (Å²) in [4.78, 5) is 25.0. The molecular formula is C9H6N2O2. The van der Waals surface area contributed by atoms with E-state index in [2.05, 4.69) is 4.98 Å². The van der Waals surface area contributed by atoms with Crippen LogP contribution >= 0.6 is 0 Å². The normalized spacial score (nSPS) is 10.2. The zero-order chi connectivity index (χ0) is 9.26. The first-order chi connectivity index (χ1) is 6.35. The molecule has 2 aromatic heterocycles. The standard InChI is InChI=1S/C9H6N2O2/c12-5-7-4-11-8(6-13)2-1-3-9(11)10-7/h1-6H. The van der Waals surface area contributed by atoms with Gasteiger partial charge in [-0.05, 0) is 12.1 Å². The molecule has 0 bridgehead atoms. The fourth-order valence-corrected chi connectivity index (χ4v) is 1.20. The van der Waals surface area contributed by atoms with Crippen LogP contribution in [0.3, 0.4) is 0 Å². The molecule has 0 aromatic carbocycles. The van der Waals surface area contributed by atoms with Gasteiger partial charge < -0.3 is 0 Å². The Balaban J connectivity index is 2.81. The molecule has 0 fully saturated rings. The molecule has 0 N–H and O–H groups in total. The lowest BCUT2D eigenvalue weighted by atomic mass is 10.4. The number of aromatic nitrogens is 2. The number of aldehydes is 2. The second kappa shape index (κ2) is 2.82. The summed E-state index contributed by atoms with van der Waals surface area (Å²) in [5.74, 6) is 0. The molecule has 64 valence electrons. The van der Waals surface area contributed by atoms with Crippen molar-refractivity contribution in [2.75, 3.05) is 0 Å². The predicted octanol–water partition coefficient (Wildman–Crippen LogP) is 0.959. The lowest BCUT2D eigenvalue weighted by molar-refractivity contribution is 0.110. The Labute approximate surface area is 73.8 Å². The molecule has 0 radical (unpaired) electrons. The van der Waals surface area contributed by atoms with Gasteiger partial charge in [-0.2, -0.15) is 0 Å². The quantitative estimate of drug-likeness (QED) is 0.637. The van der Waals surface area contributed by atoms with Crippen LogP contribution in [0.2, 0.25) is 0 Å². The van der Waals surface area contributed by atoms with E-state index in [9.17, 15) is 9.59 Å². The minimum atomic E-state index is 0.328. The van der Waals surface area contributed by atoms with E-state index in [0.717, 1.165) is 6.29 Å². The summed E-state index contributed by atoms with van der Waals surface area (Å²) in [6.07, 6.45) is 2.91. The molecule has 0 atom stereocenters. The highest BCUT2D eigenvalue weighted by molar-refractivity contribution is 5.77. The van der Waals surface area contributed by atoms with Gasteiger partial charge in [-0.3, -0.25) is 14.0 Å². The Kier molecular flexibility index (Phi) is 1.66. The monoisotopic (exact) mass is 174 g/mol. The number of carbonyl (C=O) groups is 2. The second-order valence-electron chi connectivity index (χ2n) is 2.58. The van der Waals surface area contributed by atoms with E-state index in [0.29, 0.717) is 23.3 Å². The van der Waals surface area contributed by atoms with Crippen LogP contribution < -0.4 is 0 Å². The minimum Gasteiger partial charge on any atom is -0.296 e. The van der Waals surface area contributed by atoms with Crippen LogP contribution in [-0.4, -0.2) is 22.0 Å². The molecule has 0 aliphatic heterocycles. The van der Waals surface area contributed by atoms with Crippen molar-refractivity contribution < 1.29 is 9.59 Å². The second-order valence-corrected chi connectivity index (χ2v) is 2.58. The lowest BCUT2D eigenvalue weighted by Crippen LogP contribution is -1.91. The van der Waals surface area contributed by atoms with Crippen molar-refractivity contribution in [2.24, 2.45) is 0 Å². The van der Waals surface area contributed by atoms with E-state index >= 15 is 0 Å². The Morgan fingerprint density at radius 2 is 2.08 bits per heavy atom. The van der Waals surface area contributed by atoms with Crippen molar-refractivity contribution in [1.29, 1.82) is 0 Å². The SMILES string of the molecule is O=Cc1cn2c(C=O)cccc2n1. The number of carbonyl (C=O) groups excluding carboxylic acids is 2. The summed E-state index contributed by atoms with van der Waals surface area (Å²) in [6, 6.07) is 5.12. The van der Waals surface area contributed by atoms with Crippen molar-refractivity contribution >= 4 is 18.2 Å². The number of fused-ring (bicyclic) bond motifs is 1. The fraction of sp³-hybridized carbons (Fsp3) is 0. The molecule has 2 aromatic rings. The van der Waals surface area contributed by atoms with Gasteiger partial charge in [0, 0.05) is 6.20 Å². The molecule has 4 nitrogen and oxygen atoms in total. The van der Waals surface area contributed by atoms with Gasteiger partial charge in [0.1, 0.15) is 11.3 Å². The van der Waals surface area contributed by atoms with Gasteiger partial charge in [-0.25, -0.2) is 4.98 Å². The molecule has 4 heteroatoms. The molecule has 0 saturated carbocycles. The van der Waals surface area contributed by atoms with Gasteiger partial charge in [-0.1, -0.05) is 6.07 Å². The molecule has 2 rings (SSSR count). The largest absolute Gasteiger partial charge is 0.296 e. The zero-order valence-electron chi connectivity index (χ0n) is 6.68. The fourth-order valence-electron chi connectivity index (χ4n) is 1.20. The van der Waals surface area contributed by atoms with Crippen molar-refractivity contribution in [3.63, 3.8) is 0 Å². The van der Waals surface area contributed by atoms with Crippen LogP contribution in [0.1, 0.15) is 21.0 Å². The number of nitrogens with zero attached hydrogens (tertiary/aromatic N) is 2. The van der Waals surface area contributed by atoms with Crippen molar-refractivity contribution in [2.45, 2.75) is 0 Å². The number of pyridine rings is 1. The van der Waals surface area contributed by atoms with Gasteiger partial charge >= 0.3 is 0 Å². The first-order valence-corrected chi connectivity index (χ1v) is 3.73. The Hall–Kier alpha value is -1.97. The highest BCUT2D eigenvalue weighted by Crippen LogP contribution is 2.06. The van der Waals surface area contributed by atoms with Crippen LogP contribution in [0, 0.1) is 0 Å². The Morgan fingerprint density at radius 3 is 2.77 bits per heavy atom. The smallest absolute Gasteiger partial charge is 0.170 e. The van der Waals surface area contributed by atoms with E-state index < -0.39 is 0 Å². The molecule has 0 amide bonds. The molecule has 0 saturated heterocycles. The van der Waals surface area contributed by atoms with Gasteiger partial charge in [0.25, 0.3) is 0 Å². The third kappa shape index (κ3) is 1.12. The van der Waals surface area contributed by atoms with Gasteiger partial charge in [-0.15, -0.1) is 0 Å². The van der Waals surface area contributed by atoms with E-state index in [1.165, 1.54) is 6.20 Å².